The number of hydrogen-bond donors (Lipinski definition) is 1. The van der Waals surface area contributed by atoms with Crippen molar-refractivity contribution < 1.29 is 13.7 Å². The fraction of sp³-hybridized carbons (Fsp3) is 0.333. The van der Waals surface area contributed by atoms with Crippen molar-refractivity contribution in [3.05, 3.63) is 52.6 Å². The third-order valence-corrected chi connectivity index (χ3v) is 4.85. The lowest BCUT2D eigenvalue weighted by molar-refractivity contribution is 0.0987. The summed E-state index contributed by atoms with van der Waals surface area (Å²) in [5, 5.41) is 4.30. The zero-order valence-corrected chi connectivity index (χ0v) is 15.4. The van der Waals surface area contributed by atoms with Crippen LogP contribution in [0.4, 0.5) is 0 Å². The van der Waals surface area contributed by atoms with Gasteiger partial charge in [-0.05, 0) is 50.6 Å². The number of benzene rings is 1. The predicted octanol–water partition coefficient (Wildman–Crippen LogP) is 3.12. The molecule has 1 atom stereocenters. The Morgan fingerprint density at radius 2 is 2.11 bits per heavy atom. The van der Waals surface area contributed by atoms with Gasteiger partial charge in [0.1, 0.15) is 0 Å². The Morgan fingerprint density at radius 1 is 1.33 bits per heavy atom. The summed E-state index contributed by atoms with van der Waals surface area (Å²) in [4.78, 5) is 22.0. The summed E-state index contributed by atoms with van der Waals surface area (Å²) in [5.41, 5.74) is 6.94. The molecule has 1 aliphatic rings. The SMILES string of the molecule is Cc1nc(CN2CCC[C@H]2c2nc(C(N)=O)no2)oc1-c1ccc(Cl)cc1. The van der Waals surface area contributed by atoms with E-state index in [4.69, 9.17) is 26.3 Å². The first kappa shape index (κ1) is 17.7. The highest BCUT2D eigenvalue weighted by Crippen LogP contribution is 2.33. The Kier molecular flexibility index (Phi) is 4.67. The van der Waals surface area contributed by atoms with Crippen molar-refractivity contribution in [1.29, 1.82) is 0 Å². The van der Waals surface area contributed by atoms with E-state index in [1.165, 1.54) is 0 Å². The van der Waals surface area contributed by atoms with Crippen LogP contribution in [0, 0.1) is 6.92 Å². The molecule has 2 N–H and O–H groups in total. The second-order valence-electron chi connectivity index (χ2n) is 6.48. The van der Waals surface area contributed by atoms with Crippen molar-refractivity contribution >= 4 is 17.5 Å². The highest BCUT2D eigenvalue weighted by molar-refractivity contribution is 6.30. The van der Waals surface area contributed by atoms with Gasteiger partial charge in [0, 0.05) is 10.6 Å². The molecule has 0 bridgehead atoms. The molecule has 9 heteroatoms. The molecular formula is C18H18ClN5O3. The molecule has 4 rings (SSSR count). The van der Waals surface area contributed by atoms with Gasteiger partial charge >= 0.3 is 0 Å². The number of rotatable bonds is 5. The number of carbonyl (C=O) groups is 1. The number of amides is 1. The molecule has 8 nitrogen and oxygen atoms in total. The van der Waals surface area contributed by atoms with E-state index < -0.39 is 5.91 Å². The molecule has 1 amide bonds. The van der Waals surface area contributed by atoms with Gasteiger partial charge in [-0.3, -0.25) is 9.69 Å². The molecule has 1 aliphatic heterocycles. The molecule has 27 heavy (non-hydrogen) atoms. The van der Waals surface area contributed by atoms with Crippen molar-refractivity contribution in [2.24, 2.45) is 5.73 Å². The largest absolute Gasteiger partial charge is 0.439 e. The number of primary amides is 1. The topological polar surface area (TPSA) is 111 Å². The number of nitrogens with two attached hydrogens (primary N) is 1. The summed E-state index contributed by atoms with van der Waals surface area (Å²) >= 11 is 5.95. The summed E-state index contributed by atoms with van der Waals surface area (Å²) < 4.78 is 11.2. The van der Waals surface area contributed by atoms with Gasteiger partial charge in [-0.2, -0.15) is 4.98 Å². The molecule has 3 aromatic rings. The van der Waals surface area contributed by atoms with E-state index in [0.29, 0.717) is 23.3 Å². The minimum Gasteiger partial charge on any atom is -0.439 e. The van der Waals surface area contributed by atoms with Crippen LogP contribution < -0.4 is 5.73 Å². The number of likely N-dealkylation sites (tertiary alicyclic amines) is 1. The first-order valence-corrected chi connectivity index (χ1v) is 8.99. The lowest BCUT2D eigenvalue weighted by Gasteiger charge is -2.19. The Hall–Kier alpha value is -2.71. The normalized spacial score (nSPS) is 17.5. The van der Waals surface area contributed by atoms with Crippen LogP contribution in [0.5, 0.6) is 0 Å². The summed E-state index contributed by atoms with van der Waals surface area (Å²) in [6, 6.07) is 7.36. The lowest BCUT2D eigenvalue weighted by atomic mass is 10.1. The van der Waals surface area contributed by atoms with Gasteiger partial charge < -0.3 is 14.7 Å². The van der Waals surface area contributed by atoms with Crippen molar-refractivity contribution in [3.63, 3.8) is 0 Å². The summed E-state index contributed by atoms with van der Waals surface area (Å²) in [7, 11) is 0. The van der Waals surface area contributed by atoms with E-state index in [0.717, 1.165) is 36.4 Å². The van der Waals surface area contributed by atoms with Crippen LogP contribution in [0.3, 0.4) is 0 Å². The number of aromatic nitrogens is 3. The van der Waals surface area contributed by atoms with Crippen LogP contribution in [-0.4, -0.2) is 32.5 Å². The van der Waals surface area contributed by atoms with Crippen molar-refractivity contribution in [2.75, 3.05) is 6.54 Å². The number of halogens is 1. The molecule has 0 unspecified atom stereocenters. The molecule has 1 saturated heterocycles. The second-order valence-corrected chi connectivity index (χ2v) is 6.91. The Bertz CT molecular complexity index is 966. The van der Waals surface area contributed by atoms with Crippen LogP contribution in [0.15, 0.2) is 33.2 Å². The molecule has 0 aliphatic carbocycles. The predicted molar refractivity (Wildman–Crippen MR) is 96.9 cm³/mol. The molecule has 1 aromatic carbocycles. The van der Waals surface area contributed by atoms with E-state index in [9.17, 15) is 4.79 Å². The third-order valence-electron chi connectivity index (χ3n) is 4.60. The quantitative estimate of drug-likeness (QED) is 0.715. The van der Waals surface area contributed by atoms with Gasteiger partial charge in [0.25, 0.3) is 11.7 Å². The Morgan fingerprint density at radius 3 is 2.81 bits per heavy atom. The summed E-state index contributed by atoms with van der Waals surface area (Å²) in [6.07, 6.45) is 1.83. The maximum Gasteiger partial charge on any atom is 0.290 e. The molecule has 0 radical (unpaired) electrons. The average molecular weight is 388 g/mol. The molecule has 3 heterocycles. The highest BCUT2D eigenvalue weighted by Gasteiger charge is 2.32. The van der Waals surface area contributed by atoms with Crippen molar-refractivity contribution in [2.45, 2.75) is 32.4 Å². The van der Waals surface area contributed by atoms with Crippen molar-refractivity contribution in [3.8, 4) is 11.3 Å². The second kappa shape index (κ2) is 7.13. The zero-order valence-electron chi connectivity index (χ0n) is 14.7. The standard InChI is InChI=1S/C18H18ClN5O3/c1-10-15(11-4-6-12(19)7-5-11)26-14(21-10)9-24-8-2-3-13(24)18-22-17(16(20)25)23-27-18/h4-7,13H,2-3,8-9H2,1H3,(H2,20,25)/t13-/m0/s1. The van der Waals surface area contributed by atoms with E-state index in [-0.39, 0.29) is 11.9 Å². The average Bonchev–Trinajstić information content (AvgIpc) is 3.35. The molecule has 2 aromatic heterocycles. The van der Waals surface area contributed by atoms with Crippen LogP contribution in [-0.2, 0) is 6.54 Å². The van der Waals surface area contributed by atoms with Gasteiger partial charge in [-0.25, -0.2) is 4.98 Å². The molecule has 0 saturated carbocycles. The minimum absolute atomic E-state index is 0.0863. The molecule has 1 fully saturated rings. The zero-order chi connectivity index (χ0) is 19.0. The lowest BCUT2D eigenvalue weighted by Crippen LogP contribution is -2.23. The van der Waals surface area contributed by atoms with E-state index >= 15 is 0 Å². The number of oxazole rings is 1. The van der Waals surface area contributed by atoms with Crippen LogP contribution in [0.1, 0.15) is 47.0 Å². The van der Waals surface area contributed by atoms with Crippen LogP contribution in [0.25, 0.3) is 11.3 Å². The monoisotopic (exact) mass is 387 g/mol. The first-order valence-electron chi connectivity index (χ1n) is 8.61. The van der Waals surface area contributed by atoms with Gasteiger partial charge in [-0.15, -0.1) is 0 Å². The van der Waals surface area contributed by atoms with E-state index in [1.54, 1.807) is 0 Å². The number of aryl methyl sites for hydroxylation is 1. The number of hydrogen-bond acceptors (Lipinski definition) is 7. The maximum atomic E-state index is 11.2. The van der Waals surface area contributed by atoms with Gasteiger partial charge in [0.05, 0.1) is 18.3 Å². The Labute approximate surface area is 160 Å². The summed E-state index contributed by atoms with van der Waals surface area (Å²) in [5.74, 6) is 0.923. The fourth-order valence-corrected chi connectivity index (χ4v) is 3.45. The van der Waals surface area contributed by atoms with Crippen molar-refractivity contribution in [1.82, 2.24) is 20.0 Å². The molecule has 140 valence electrons. The molecular weight excluding hydrogens is 370 g/mol. The van der Waals surface area contributed by atoms with Gasteiger partial charge in [0.2, 0.25) is 11.8 Å². The summed E-state index contributed by atoms with van der Waals surface area (Å²) in [6.45, 7) is 3.26. The highest BCUT2D eigenvalue weighted by atomic mass is 35.5. The maximum absolute atomic E-state index is 11.2. The van der Waals surface area contributed by atoms with E-state index in [2.05, 4.69) is 20.0 Å². The van der Waals surface area contributed by atoms with E-state index in [1.807, 2.05) is 31.2 Å². The number of nitrogens with zero attached hydrogens (tertiary/aromatic N) is 4. The van der Waals surface area contributed by atoms with Crippen LogP contribution in [0.2, 0.25) is 5.02 Å². The van der Waals surface area contributed by atoms with Crippen LogP contribution >= 0.6 is 11.6 Å². The smallest absolute Gasteiger partial charge is 0.290 e. The third kappa shape index (κ3) is 3.58. The fourth-order valence-electron chi connectivity index (χ4n) is 3.33. The van der Waals surface area contributed by atoms with Gasteiger partial charge in [-0.1, -0.05) is 16.8 Å². The minimum atomic E-state index is -0.703. The first-order chi connectivity index (χ1) is 13.0. The molecule has 0 spiro atoms. The Balaban J connectivity index is 1.53. The van der Waals surface area contributed by atoms with Gasteiger partial charge in [0.15, 0.2) is 5.76 Å². The number of carbonyl (C=O) groups excluding carboxylic acids is 1.